The number of hydrogen-bond acceptors (Lipinski definition) is 10. The van der Waals surface area contributed by atoms with Gasteiger partial charge >= 0.3 is 11.9 Å². The van der Waals surface area contributed by atoms with Gasteiger partial charge in [-0.25, -0.2) is 9.78 Å². The molecule has 2 atom stereocenters. The SMILES string of the molecule is CC/C=C(/C(=O)N[C@@H]1C(=O)N2C(C(=O)OCOC(=O)C(C)(C)C)=C(Cl)CS[C@H]12)c1csc(N)n1. The van der Waals surface area contributed by atoms with Crippen LogP contribution in [0, 0.1) is 5.41 Å². The van der Waals surface area contributed by atoms with E-state index in [1.807, 2.05) is 6.92 Å². The molecule has 184 valence electrons. The molecule has 1 saturated heterocycles. The van der Waals surface area contributed by atoms with Gasteiger partial charge in [-0.15, -0.1) is 23.1 Å². The van der Waals surface area contributed by atoms with Crippen LogP contribution in [0.4, 0.5) is 5.13 Å². The Balaban J connectivity index is 1.66. The Morgan fingerprint density at radius 1 is 1.35 bits per heavy atom. The third kappa shape index (κ3) is 5.39. The summed E-state index contributed by atoms with van der Waals surface area (Å²) in [4.78, 5) is 55.6. The van der Waals surface area contributed by atoms with E-state index in [4.69, 9.17) is 26.8 Å². The number of nitrogen functional groups attached to an aromatic ring is 1. The fraction of sp³-hybridized carbons (Fsp3) is 0.476. The van der Waals surface area contributed by atoms with Crippen LogP contribution in [0.15, 0.2) is 22.2 Å². The molecule has 0 radical (unpaired) electrons. The second-order valence-corrected chi connectivity index (χ2v) is 10.9. The highest BCUT2D eigenvalue weighted by molar-refractivity contribution is 8.00. The molecule has 1 fully saturated rings. The Kier molecular flexibility index (Phi) is 7.94. The topological polar surface area (TPSA) is 141 Å². The number of carbonyl (C=O) groups is 4. The lowest BCUT2D eigenvalue weighted by molar-refractivity contribution is -0.173. The first-order valence-electron chi connectivity index (χ1n) is 10.4. The molecule has 13 heteroatoms. The molecule has 0 aliphatic carbocycles. The summed E-state index contributed by atoms with van der Waals surface area (Å²) in [6.07, 6.45) is 2.29. The zero-order valence-electron chi connectivity index (χ0n) is 19.0. The number of allylic oxidation sites excluding steroid dienone is 1. The highest BCUT2D eigenvalue weighted by atomic mass is 35.5. The lowest BCUT2D eigenvalue weighted by atomic mass is 9.98. The summed E-state index contributed by atoms with van der Waals surface area (Å²) in [5.41, 5.74) is 5.55. The van der Waals surface area contributed by atoms with Crippen LogP contribution in [-0.2, 0) is 28.7 Å². The number of amides is 2. The minimum absolute atomic E-state index is 0.121. The molecule has 10 nitrogen and oxygen atoms in total. The minimum Gasteiger partial charge on any atom is -0.427 e. The average Bonchev–Trinajstić information content (AvgIpc) is 3.20. The fourth-order valence-corrected chi connectivity index (χ4v) is 5.25. The van der Waals surface area contributed by atoms with Crippen LogP contribution < -0.4 is 11.1 Å². The molecule has 3 N–H and O–H groups in total. The number of halogens is 1. The van der Waals surface area contributed by atoms with E-state index < -0.39 is 47.4 Å². The molecule has 2 amide bonds. The molecule has 0 aromatic carbocycles. The Morgan fingerprint density at radius 2 is 2.06 bits per heavy atom. The molecule has 2 aliphatic rings. The number of β-lactam (4-membered cyclic amide) rings is 1. The second kappa shape index (κ2) is 10.4. The number of carbonyl (C=O) groups excluding carboxylic acids is 4. The molecular weight excluding hydrogens is 504 g/mol. The quantitative estimate of drug-likeness (QED) is 0.236. The predicted molar refractivity (Wildman–Crippen MR) is 129 cm³/mol. The maximum atomic E-state index is 12.9. The third-order valence-electron chi connectivity index (χ3n) is 4.84. The Bertz CT molecular complexity index is 1080. The van der Waals surface area contributed by atoms with Gasteiger partial charge in [0.25, 0.3) is 11.8 Å². The maximum Gasteiger partial charge on any atom is 0.359 e. The van der Waals surface area contributed by atoms with Crippen LogP contribution in [0.25, 0.3) is 5.57 Å². The first-order valence-corrected chi connectivity index (χ1v) is 12.7. The molecule has 0 unspecified atom stereocenters. The van der Waals surface area contributed by atoms with E-state index in [0.29, 0.717) is 22.8 Å². The van der Waals surface area contributed by atoms with Crippen molar-refractivity contribution >= 4 is 69.2 Å². The third-order valence-corrected chi connectivity index (χ3v) is 7.27. The molecule has 0 bridgehead atoms. The maximum absolute atomic E-state index is 12.9. The van der Waals surface area contributed by atoms with Crippen molar-refractivity contribution in [3.8, 4) is 0 Å². The number of fused-ring (bicyclic) bond motifs is 1. The number of rotatable bonds is 7. The van der Waals surface area contributed by atoms with E-state index in [-0.39, 0.29) is 16.5 Å². The largest absolute Gasteiger partial charge is 0.427 e. The summed E-state index contributed by atoms with van der Waals surface area (Å²) in [6, 6.07) is -0.861. The highest BCUT2D eigenvalue weighted by Crippen LogP contribution is 2.42. The molecule has 3 rings (SSSR count). The smallest absolute Gasteiger partial charge is 0.359 e. The lowest BCUT2D eigenvalue weighted by Gasteiger charge is -2.49. The molecular formula is C21H25ClN4O6S2. The summed E-state index contributed by atoms with van der Waals surface area (Å²) < 4.78 is 9.97. The Morgan fingerprint density at radius 3 is 2.65 bits per heavy atom. The van der Waals surface area contributed by atoms with Gasteiger partial charge in [-0.1, -0.05) is 24.6 Å². The number of esters is 2. The van der Waals surface area contributed by atoms with Gasteiger partial charge in [-0.05, 0) is 27.2 Å². The van der Waals surface area contributed by atoms with Crippen molar-refractivity contribution in [2.24, 2.45) is 5.41 Å². The van der Waals surface area contributed by atoms with Crippen molar-refractivity contribution < 1.29 is 28.7 Å². The molecule has 3 heterocycles. The normalized spacial score (nSPS) is 20.4. The van der Waals surface area contributed by atoms with Crippen molar-refractivity contribution in [2.45, 2.75) is 45.5 Å². The molecule has 34 heavy (non-hydrogen) atoms. The van der Waals surface area contributed by atoms with Crippen LogP contribution in [0.5, 0.6) is 0 Å². The number of thioether (sulfide) groups is 1. The van der Waals surface area contributed by atoms with Gasteiger partial charge in [0, 0.05) is 11.1 Å². The summed E-state index contributed by atoms with van der Waals surface area (Å²) in [5, 5.41) is 4.32. The molecule has 0 saturated carbocycles. The van der Waals surface area contributed by atoms with Gasteiger partial charge in [0.1, 0.15) is 17.1 Å². The fourth-order valence-electron chi connectivity index (χ4n) is 3.14. The van der Waals surface area contributed by atoms with E-state index in [2.05, 4.69) is 10.3 Å². The van der Waals surface area contributed by atoms with Crippen molar-refractivity contribution in [3.05, 3.63) is 27.9 Å². The van der Waals surface area contributed by atoms with E-state index in [1.54, 1.807) is 32.2 Å². The van der Waals surface area contributed by atoms with Crippen molar-refractivity contribution in [2.75, 3.05) is 18.3 Å². The number of nitrogens with two attached hydrogens (primary N) is 1. The van der Waals surface area contributed by atoms with Gasteiger partial charge in [-0.2, -0.15) is 0 Å². The van der Waals surface area contributed by atoms with Gasteiger partial charge in [0.05, 0.1) is 21.7 Å². The zero-order chi connectivity index (χ0) is 25.2. The second-order valence-electron chi connectivity index (χ2n) is 8.44. The Hall–Kier alpha value is -2.57. The minimum atomic E-state index is -0.889. The van der Waals surface area contributed by atoms with Crippen LogP contribution in [-0.4, -0.2) is 57.6 Å². The van der Waals surface area contributed by atoms with Crippen LogP contribution >= 0.6 is 34.7 Å². The molecule has 2 aliphatic heterocycles. The number of nitrogens with zero attached hydrogens (tertiary/aromatic N) is 2. The van der Waals surface area contributed by atoms with E-state index >= 15 is 0 Å². The van der Waals surface area contributed by atoms with Crippen LogP contribution in [0.1, 0.15) is 39.8 Å². The van der Waals surface area contributed by atoms with Crippen molar-refractivity contribution in [1.82, 2.24) is 15.2 Å². The van der Waals surface area contributed by atoms with E-state index in [1.165, 1.54) is 28.0 Å². The Labute approximate surface area is 209 Å². The number of nitrogens with one attached hydrogen (secondary N) is 1. The number of ether oxygens (including phenoxy) is 2. The zero-order valence-corrected chi connectivity index (χ0v) is 21.4. The van der Waals surface area contributed by atoms with Gasteiger partial charge in [-0.3, -0.25) is 19.3 Å². The number of aromatic nitrogens is 1. The van der Waals surface area contributed by atoms with Gasteiger partial charge in [0.15, 0.2) is 5.13 Å². The monoisotopic (exact) mass is 528 g/mol. The van der Waals surface area contributed by atoms with Crippen LogP contribution in [0.2, 0.25) is 0 Å². The summed E-state index contributed by atoms with van der Waals surface area (Å²) in [6.45, 7) is 6.26. The summed E-state index contributed by atoms with van der Waals surface area (Å²) in [5.74, 6) is -2.16. The average molecular weight is 529 g/mol. The molecule has 1 aromatic rings. The van der Waals surface area contributed by atoms with Crippen molar-refractivity contribution in [3.63, 3.8) is 0 Å². The summed E-state index contributed by atoms with van der Waals surface area (Å²) in [7, 11) is 0. The van der Waals surface area contributed by atoms with Crippen LogP contribution in [0.3, 0.4) is 0 Å². The number of anilines is 1. The molecule has 1 aromatic heterocycles. The van der Waals surface area contributed by atoms with E-state index in [0.717, 1.165) is 0 Å². The first-order chi connectivity index (χ1) is 16.0. The van der Waals surface area contributed by atoms with Gasteiger partial charge in [0.2, 0.25) is 6.79 Å². The standard InChI is InChI=1S/C21H25ClN4O6S2/c1-5-6-10(12-8-34-20(23)24-12)15(27)25-13-16(28)26-14(11(22)7-33-17(13)26)18(29)31-9-32-19(30)21(2,3)4/h6,8,13,17H,5,7,9H2,1-4H3,(H2,23,24)(H,25,27)/b10-6+/t13-,17-/m1/s1. The van der Waals surface area contributed by atoms with E-state index in [9.17, 15) is 19.2 Å². The highest BCUT2D eigenvalue weighted by Gasteiger charge is 2.54. The molecule has 0 spiro atoms. The number of hydrogen-bond donors (Lipinski definition) is 2. The predicted octanol–water partition coefficient (Wildman–Crippen LogP) is 2.46. The lowest BCUT2D eigenvalue weighted by Crippen LogP contribution is -2.70. The van der Waals surface area contributed by atoms with Crippen molar-refractivity contribution in [1.29, 1.82) is 0 Å². The first kappa shape index (κ1) is 26.0. The summed E-state index contributed by atoms with van der Waals surface area (Å²) >= 11 is 8.74. The van der Waals surface area contributed by atoms with Gasteiger partial charge < -0.3 is 20.5 Å². The number of thiazole rings is 1.